The largest absolute Gasteiger partial charge is 0.489 e. The predicted molar refractivity (Wildman–Crippen MR) is 114 cm³/mol. The van der Waals surface area contributed by atoms with Gasteiger partial charge < -0.3 is 19.7 Å². The van der Waals surface area contributed by atoms with Gasteiger partial charge in [0.15, 0.2) is 0 Å². The molecule has 6 heteroatoms. The van der Waals surface area contributed by atoms with Gasteiger partial charge in [0.05, 0.1) is 12.7 Å². The molecule has 0 aromatic heterocycles. The Balaban J connectivity index is 2.12. The van der Waals surface area contributed by atoms with Crippen LogP contribution in [0.15, 0.2) is 42.5 Å². The number of carbonyl (C=O) groups is 2. The van der Waals surface area contributed by atoms with Crippen molar-refractivity contribution in [2.24, 2.45) is 0 Å². The van der Waals surface area contributed by atoms with E-state index in [4.69, 9.17) is 19.7 Å². The second-order valence-corrected chi connectivity index (χ2v) is 7.16. The zero-order valence-electron chi connectivity index (χ0n) is 17.4. The van der Waals surface area contributed by atoms with Crippen LogP contribution < -0.4 is 4.74 Å². The number of unbranched alkanes of at least 4 members (excludes halogenated alkanes) is 3. The number of carbonyl (C=O) groups excluding carboxylic acids is 1. The molecule has 2 N–H and O–H groups in total. The number of hydrogen-bond donors (Lipinski definition) is 2. The molecule has 0 aliphatic heterocycles. The van der Waals surface area contributed by atoms with E-state index < -0.39 is 11.9 Å². The first-order valence-corrected chi connectivity index (χ1v) is 10.3. The molecule has 30 heavy (non-hydrogen) atoms. The molecule has 0 heterocycles. The number of carboxylic acid groups (broad SMARTS) is 1. The van der Waals surface area contributed by atoms with E-state index >= 15 is 0 Å². The van der Waals surface area contributed by atoms with Crippen molar-refractivity contribution >= 4 is 11.9 Å². The highest BCUT2D eigenvalue weighted by Gasteiger charge is 2.13. The fourth-order valence-electron chi connectivity index (χ4n) is 3.34. The van der Waals surface area contributed by atoms with Gasteiger partial charge in [0.1, 0.15) is 12.4 Å². The van der Waals surface area contributed by atoms with Crippen LogP contribution in [-0.2, 0) is 29.0 Å². The molecule has 0 aliphatic rings. The Morgan fingerprint density at radius 2 is 1.73 bits per heavy atom. The number of esters is 1. The van der Waals surface area contributed by atoms with E-state index in [0.717, 1.165) is 48.8 Å². The fourth-order valence-corrected chi connectivity index (χ4v) is 3.34. The highest BCUT2D eigenvalue weighted by atomic mass is 16.5. The van der Waals surface area contributed by atoms with Crippen molar-refractivity contribution < 1.29 is 29.3 Å². The molecular weight excluding hydrogens is 384 g/mol. The number of ether oxygens (including phenoxy) is 2. The number of aliphatic hydroxyl groups is 1. The molecule has 0 unspecified atom stereocenters. The van der Waals surface area contributed by atoms with Crippen molar-refractivity contribution in [3.8, 4) is 5.75 Å². The van der Waals surface area contributed by atoms with E-state index in [2.05, 4.69) is 0 Å². The van der Waals surface area contributed by atoms with Crippen LogP contribution in [0, 0.1) is 0 Å². The minimum atomic E-state index is -0.843. The molecule has 2 aromatic rings. The van der Waals surface area contributed by atoms with Crippen molar-refractivity contribution in [3.05, 3.63) is 64.7 Å². The number of aliphatic carboxylic acids is 1. The minimum absolute atomic E-state index is 0.0374. The molecule has 0 radical (unpaired) electrons. The molecule has 0 saturated carbocycles. The number of aliphatic hydroxyl groups excluding tert-OH is 1. The summed E-state index contributed by atoms with van der Waals surface area (Å²) >= 11 is 0. The van der Waals surface area contributed by atoms with Gasteiger partial charge in [-0.05, 0) is 60.6 Å². The first-order chi connectivity index (χ1) is 14.5. The average Bonchev–Trinajstić information content (AvgIpc) is 2.76. The fraction of sp³-hybridized carbons (Fsp3) is 0.417. The molecule has 0 fully saturated rings. The average molecular weight is 414 g/mol. The summed E-state index contributed by atoms with van der Waals surface area (Å²) in [5.41, 5.74) is 3.31. The summed E-state index contributed by atoms with van der Waals surface area (Å²) < 4.78 is 10.8. The lowest BCUT2D eigenvalue weighted by Gasteiger charge is -2.16. The zero-order chi connectivity index (χ0) is 21.8. The van der Waals surface area contributed by atoms with Gasteiger partial charge in [0, 0.05) is 13.0 Å². The molecular formula is C24H30O6. The lowest BCUT2D eigenvalue weighted by atomic mass is 9.97. The second-order valence-electron chi connectivity index (χ2n) is 7.16. The Bertz CT molecular complexity index is 830. The quantitative estimate of drug-likeness (QED) is 0.378. The Morgan fingerprint density at radius 1 is 0.967 bits per heavy atom. The summed E-state index contributed by atoms with van der Waals surface area (Å²) in [6.45, 7) is 0.481. The van der Waals surface area contributed by atoms with E-state index in [1.165, 1.54) is 7.11 Å². The summed E-state index contributed by atoms with van der Waals surface area (Å²) in [7, 11) is 1.34. The number of hydrogen-bond acceptors (Lipinski definition) is 5. The molecule has 0 amide bonds. The summed E-state index contributed by atoms with van der Waals surface area (Å²) in [5, 5.41) is 18.0. The SMILES string of the molecule is COC(=O)c1cccc(COc2cccc(CCCCCCO)c2CCC(=O)O)c1. The Morgan fingerprint density at radius 3 is 2.47 bits per heavy atom. The summed E-state index contributed by atoms with van der Waals surface area (Å²) in [6, 6.07) is 12.9. The van der Waals surface area contributed by atoms with E-state index in [1.807, 2.05) is 24.3 Å². The molecule has 0 spiro atoms. The van der Waals surface area contributed by atoms with Gasteiger partial charge in [-0.3, -0.25) is 4.79 Å². The van der Waals surface area contributed by atoms with Crippen LogP contribution in [-0.4, -0.2) is 35.9 Å². The van der Waals surface area contributed by atoms with Crippen molar-refractivity contribution in [1.29, 1.82) is 0 Å². The number of aryl methyl sites for hydroxylation is 1. The van der Waals surface area contributed by atoms with Crippen LogP contribution in [0.5, 0.6) is 5.75 Å². The Labute approximate surface area is 177 Å². The molecule has 0 saturated heterocycles. The summed E-state index contributed by atoms with van der Waals surface area (Å²) in [5.74, 6) is -0.570. The Hall–Kier alpha value is -2.86. The van der Waals surface area contributed by atoms with Crippen LogP contribution in [0.2, 0.25) is 0 Å². The van der Waals surface area contributed by atoms with Gasteiger partial charge in [0.25, 0.3) is 0 Å². The van der Waals surface area contributed by atoms with Gasteiger partial charge in [-0.2, -0.15) is 0 Å². The van der Waals surface area contributed by atoms with Crippen LogP contribution in [0.3, 0.4) is 0 Å². The maximum atomic E-state index is 11.7. The summed E-state index contributed by atoms with van der Waals surface area (Å²) in [6.07, 6.45) is 5.06. The number of carboxylic acids is 1. The number of rotatable bonds is 13. The van der Waals surface area contributed by atoms with E-state index in [-0.39, 0.29) is 19.6 Å². The lowest BCUT2D eigenvalue weighted by Crippen LogP contribution is -2.06. The van der Waals surface area contributed by atoms with Crippen LogP contribution in [0.4, 0.5) is 0 Å². The topological polar surface area (TPSA) is 93.1 Å². The van der Waals surface area contributed by atoms with Gasteiger partial charge in [-0.1, -0.05) is 37.1 Å². The van der Waals surface area contributed by atoms with Crippen molar-refractivity contribution in [2.75, 3.05) is 13.7 Å². The van der Waals surface area contributed by atoms with E-state index in [0.29, 0.717) is 17.7 Å². The third-order valence-corrected chi connectivity index (χ3v) is 4.92. The van der Waals surface area contributed by atoms with Gasteiger partial charge in [-0.15, -0.1) is 0 Å². The lowest BCUT2D eigenvalue weighted by molar-refractivity contribution is -0.136. The van der Waals surface area contributed by atoms with Crippen molar-refractivity contribution in [3.63, 3.8) is 0 Å². The second kappa shape index (κ2) is 12.6. The van der Waals surface area contributed by atoms with Gasteiger partial charge in [-0.25, -0.2) is 4.79 Å². The maximum absolute atomic E-state index is 11.7. The molecule has 2 aromatic carbocycles. The zero-order valence-corrected chi connectivity index (χ0v) is 17.4. The van der Waals surface area contributed by atoms with E-state index in [1.54, 1.807) is 18.2 Å². The normalized spacial score (nSPS) is 10.6. The molecule has 0 atom stereocenters. The van der Waals surface area contributed by atoms with Gasteiger partial charge in [0.2, 0.25) is 0 Å². The number of methoxy groups -OCH3 is 1. The molecule has 2 rings (SSSR count). The third kappa shape index (κ3) is 7.52. The highest BCUT2D eigenvalue weighted by Crippen LogP contribution is 2.27. The number of benzene rings is 2. The molecule has 6 nitrogen and oxygen atoms in total. The Kier molecular flexibility index (Phi) is 9.87. The highest BCUT2D eigenvalue weighted by molar-refractivity contribution is 5.89. The predicted octanol–water partition coefficient (Wildman–Crippen LogP) is 4.16. The van der Waals surface area contributed by atoms with Crippen LogP contribution in [0.1, 0.15) is 59.2 Å². The van der Waals surface area contributed by atoms with Gasteiger partial charge >= 0.3 is 11.9 Å². The van der Waals surface area contributed by atoms with Crippen LogP contribution >= 0.6 is 0 Å². The van der Waals surface area contributed by atoms with Crippen molar-refractivity contribution in [1.82, 2.24) is 0 Å². The van der Waals surface area contributed by atoms with E-state index in [9.17, 15) is 9.59 Å². The molecule has 162 valence electrons. The molecule has 0 aliphatic carbocycles. The minimum Gasteiger partial charge on any atom is -0.489 e. The smallest absolute Gasteiger partial charge is 0.337 e. The third-order valence-electron chi connectivity index (χ3n) is 4.92. The van der Waals surface area contributed by atoms with Crippen molar-refractivity contribution in [2.45, 2.75) is 51.6 Å². The standard InChI is InChI=1S/C24H30O6/c1-29-24(28)20-11-6-8-18(16-20)17-30-22-12-7-10-19(9-4-2-3-5-15-25)21(22)13-14-23(26)27/h6-8,10-12,16,25H,2-5,9,13-15,17H2,1H3,(H,26,27). The monoisotopic (exact) mass is 414 g/mol. The molecule has 0 bridgehead atoms. The first kappa shape index (κ1) is 23.4. The first-order valence-electron chi connectivity index (χ1n) is 10.3. The van der Waals surface area contributed by atoms with Crippen LogP contribution in [0.25, 0.3) is 0 Å². The maximum Gasteiger partial charge on any atom is 0.337 e. The summed E-state index contributed by atoms with van der Waals surface area (Å²) in [4.78, 5) is 22.8.